The smallest absolute Gasteiger partial charge is 0.305 e. The van der Waals surface area contributed by atoms with Crippen molar-refractivity contribution in [3.8, 4) is 5.75 Å². The molecule has 0 saturated carbocycles. The number of nitrogens with one attached hydrogen (secondary N) is 1. The number of rotatable bonds is 4. The first-order valence-electron chi connectivity index (χ1n) is 4.71. The van der Waals surface area contributed by atoms with Crippen LogP contribution in [0.15, 0.2) is 6.07 Å². The van der Waals surface area contributed by atoms with E-state index < -0.39 is 47.1 Å². The third-order valence-corrected chi connectivity index (χ3v) is 2.00. The minimum absolute atomic E-state index is 0.278. The first-order valence-corrected chi connectivity index (χ1v) is 4.71. The van der Waals surface area contributed by atoms with Crippen LogP contribution in [0.5, 0.6) is 5.75 Å². The Morgan fingerprint density at radius 1 is 1.22 bits per heavy atom. The summed E-state index contributed by atoms with van der Waals surface area (Å²) in [4.78, 5) is 21.5. The largest absolute Gasteiger partial charge is 0.503 e. The van der Waals surface area contributed by atoms with Gasteiger partial charge in [0.1, 0.15) is 0 Å². The lowest BCUT2D eigenvalue weighted by Gasteiger charge is -2.07. The number of halogens is 3. The van der Waals surface area contributed by atoms with Crippen molar-refractivity contribution >= 4 is 11.9 Å². The quantitative estimate of drug-likeness (QED) is 0.708. The standard InChI is InChI=1S/C10H8F3NO4/c11-5-3-4(7(12)9(17)8(5)13)10(18)14-2-1-6(15)16/h3,17H,1-2H2,(H,14,18)(H,15,16). The van der Waals surface area contributed by atoms with Crippen LogP contribution in [0.1, 0.15) is 16.8 Å². The third kappa shape index (κ3) is 2.90. The van der Waals surface area contributed by atoms with Gasteiger partial charge >= 0.3 is 5.97 Å². The van der Waals surface area contributed by atoms with Crippen LogP contribution in [-0.2, 0) is 4.79 Å². The molecule has 0 heterocycles. The molecule has 0 saturated heterocycles. The maximum atomic E-state index is 13.2. The molecule has 18 heavy (non-hydrogen) atoms. The molecule has 0 aliphatic carbocycles. The molecule has 0 radical (unpaired) electrons. The van der Waals surface area contributed by atoms with E-state index in [1.165, 1.54) is 0 Å². The molecule has 5 nitrogen and oxygen atoms in total. The summed E-state index contributed by atoms with van der Waals surface area (Å²) in [7, 11) is 0. The van der Waals surface area contributed by atoms with Crippen molar-refractivity contribution in [3.05, 3.63) is 29.1 Å². The van der Waals surface area contributed by atoms with E-state index in [-0.39, 0.29) is 12.6 Å². The number of aliphatic carboxylic acids is 1. The molecule has 0 aliphatic rings. The van der Waals surface area contributed by atoms with Gasteiger partial charge in [-0.3, -0.25) is 9.59 Å². The molecule has 1 aromatic carbocycles. The summed E-state index contributed by atoms with van der Waals surface area (Å²) < 4.78 is 38.8. The molecule has 0 fully saturated rings. The third-order valence-electron chi connectivity index (χ3n) is 2.00. The van der Waals surface area contributed by atoms with Gasteiger partial charge in [-0.15, -0.1) is 0 Å². The lowest BCUT2D eigenvalue weighted by atomic mass is 10.1. The highest BCUT2D eigenvalue weighted by Crippen LogP contribution is 2.25. The molecule has 0 aliphatic heterocycles. The van der Waals surface area contributed by atoms with E-state index in [2.05, 4.69) is 0 Å². The van der Waals surface area contributed by atoms with E-state index in [1.807, 2.05) is 5.32 Å². The van der Waals surface area contributed by atoms with Crippen molar-refractivity contribution in [2.45, 2.75) is 6.42 Å². The fourth-order valence-corrected chi connectivity index (χ4v) is 1.13. The fraction of sp³-hybridized carbons (Fsp3) is 0.200. The number of phenolic OH excluding ortho intramolecular Hbond substituents is 1. The molecule has 1 rings (SSSR count). The zero-order valence-electron chi connectivity index (χ0n) is 8.84. The van der Waals surface area contributed by atoms with Crippen LogP contribution in [0.3, 0.4) is 0 Å². The van der Waals surface area contributed by atoms with E-state index in [0.29, 0.717) is 0 Å². The number of phenols is 1. The van der Waals surface area contributed by atoms with Gasteiger partial charge in [0.15, 0.2) is 17.4 Å². The second-order valence-corrected chi connectivity index (χ2v) is 3.28. The van der Waals surface area contributed by atoms with E-state index >= 15 is 0 Å². The number of carboxylic acid groups (broad SMARTS) is 1. The van der Waals surface area contributed by atoms with E-state index in [4.69, 9.17) is 10.2 Å². The van der Waals surface area contributed by atoms with Crippen LogP contribution in [0.4, 0.5) is 13.2 Å². The number of carboxylic acids is 1. The predicted octanol–water partition coefficient (Wildman–Crippen LogP) is 1.01. The molecule has 1 aromatic rings. The van der Waals surface area contributed by atoms with E-state index in [1.54, 1.807) is 0 Å². The van der Waals surface area contributed by atoms with Crippen LogP contribution in [0, 0.1) is 17.5 Å². The van der Waals surface area contributed by atoms with Crippen molar-refractivity contribution in [1.82, 2.24) is 5.32 Å². The van der Waals surface area contributed by atoms with Gasteiger partial charge in [-0.1, -0.05) is 0 Å². The maximum Gasteiger partial charge on any atom is 0.305 e. The minimum Gasteiger partial charge on any atom is -0.503 e. The van der Waals surface area contributed by atoms with Crippen LogP contribution in [-0.4, -0.2) is 28.6 Å². The van der Waals surface area contributed by atoms with Crippen LogP contribution in [0.2, 0.25) is 0 Å². The average molecular weight is 263 g/mol. The Labute approximate surface area is 98.8 Å². The second kappa shape index (κ2) is 5.39. The second-order valence-electron chi connectivity index (χ2n) is 3.28. The lowest BCUT2D eigenvalue weighted by Crippen LogP contribution is -2.27. The topological polar surface area (TPSA) is 86.6 Å². The van der Waals surface area contributed by atoms with Gasteiger partial charge < -0.3 is 15.5 Å². The number of carbonyl (C=O) groups excluding carboxylic acids is 1. The van der Waals surface area contributed by atoms with Crippen LogP contribution in [0.25, 0.3) is 0 Å². The van der Waals surface area contributed by atoms with Gasteiger partial charge in [0.25, 0.3) is 5.91 Å². The first kappa shape index (κ1) is 13.8. The monoisotopic (exact) mass is 263 g/mol. The molecule has 1 amide bonds. The molecule has 0 bridgehead atoms. The van der Waals surface area contributed by atoms with Gasteiger partial charge in [-0.25, -0.2) is 8.78 Å². The zero-order chi connectivity index (χ0) is 13.9. The summed E-state index contributed by atoms with van der Waals surface area (Å²) in [5.74, 6) is -8.93. The van der Waals surface area contributed by atoms with Gasteiger partial charge in [-0.2, -0.15) is 4.39 Å². The zero-order valence-corrected chi connectivity index (χ0v) is 8.84. The highest BCUT2D eigenvalue weighted by Gasteiger charge is 2.22. The predicted molar refractivity (Wildman–Crippen MR) is 52.6 cm³/mol. The molecule has 8 heteroatoms. The van der Waals surface area contributed by atoms with Gasteiger partial charge in [0.2, 0.25) is 5.82 Å². The van der Waals surface area contributed by atoms with Gasteiger partial charge in [0.05, 0.1) is 12.0 Å². The van der Waals surface area contributed by atoms with Crippen molar-refractivity contribution < 1.29 is 33.0 Å². The van der Waals surface area contributed by atoms with Crippen LogP contribution >= 0.6 is 0 Å². The molecule has 98 valence electrons. The van der Waals surface area contributed by atoms with Crippen molar-refractivity contribution in [3.63, 3.8) is 0 Å². The Hall–Kier alpha value is -2.25. The molecule has 0 atom stereocenters. The Balaban J connectivity index is 2.90. The fourth-order valence-electron chi connectivity index (χ4n) is 1.13. The number of hydrogen-bond acceptors (Lipinski definition) is 3. The normalized spacial score (nSPS) is 10.2. The number of amides is 1. The number of carbonyl (C=O) groups is 2. The van der Waals surface area contributed by atoms with Crippen molar-refractivity contribution in [1.29, 1.82) is 0 Å². The molecule has 0 aromatic heterocycles. The number of hydrogen-bond donors (Lipinski definition) is 3. The van der Waals surface area contributed by atoms with E-state index in [9.17, 15) is 22.8 Å². The van der Waals surface area contributed by atoms with E-state index in [0.717, 1.165) is 0 Å². The Kier molecular flexibility index (Phi) is 4.13. The highest BCUT2D eigenvalue weighted by molar-refractivity contribution is 5.95. The van der Waals surface area contributed by atoms with Gasteiger partial charge in [0, 0.05) is 6.54 Å². The number of aromatic hydroxyl groups is 1. The summed E-state index contributed by atoms with van der Waals surface area (Å²) >= 11 is 0. The molecule has 0 spiro atoms. The average Bonchev–Trinajstić information content (AvgIpc) is 2.30. The Morgan fingerprint density at radius 3 is 2.39 bits per heavy atom. The number of benzene rings is 1. The summed E-state index contributed by atoms with van der Waals surface area (Å²) in [5, 5.41) is 19.2. The summed E-state index contributed by atoms with van der Waals surface area (Å²) in [5.41, 5.74) is -0.906. The van der Waals surface area contributed by atoms with Crippen LogP contribution < -0.4 is 5.32 Å². The van der Waals surface area contributed by atoms with Crippen molar-refractivity contribution in [2.24, 2.45) is 0 Å². The highest BCUT2D eigenvalue weighted by atomic mass is 19.2. The summed E-state index contributed by atoms with van der Waals surface area (Å²) in [6.07, 6.45) is -0.414. The lowest BCUT2D eigenvalue weighted by molar-refractivity contribution is -0.136. The summed E-state index contributed by atoms with van der Waals surface area (Å²) in [6, 6.07) is 0.278. The Bertz CT molecular complexity index is 504. The van der Waals surface area contributed by atoms with Gasteiger partial charge in [-0.05, 0) is 6.07 Å². The SMILES string of the molecule is O=C(O)CCNC(=O)c1cc(F)c(F)c(O)c1F. The minimum atomic E-state index is -1.80. The molecule has 0 unspecified atom stereocenters. The Morgan fingerprint density at radius 2 is 1.83 bits per heavy atom. The maximum absolute atomic E-state index is 13.2. The first-order chi connectivity index (χ1) is 8.34. The summed E-state index contributed by atoms with van der Waals surface area (Å²) in [6.45, 7) is -0.312. The molecule has 3 N–H and O–H groups in total. The molecular weight excluding hydrogens is 255 g/mol. The molecular formula is C10H8F3NO4. The van der Waals surface area contributed by atoms with Crippen molar-refractivity contribution in [2.75, 3.05) is 6.54 Å².